The molecule has 1 aromatic heterocycles. The Labute approximate surface area is 238 Å². The molecule has 8 bridgehead atoms. The maximum atomic E-state index is 10.7. The molecule has 40 heavy (non-hydrogen) atoms. The summed E-state index contributed by atoms with van der Waals surface area (Å²) in [5.74, 6) is 0. The molecule has 0 saturated heterocycles. The molecule has 4 aliphatic rings. The molecule has 5 heteroatoms. The van der Waals surface area contributed by atoms with E-state index in [0.717, 1.165) is 101 Å². The van der Waals surface area contributed by atoms with Gasteiger partial charge in [-0.05, 0) is 98.1 Å². The summed E-state index contributed by atoms with van der Waals surface area (Å²) >= 11 is 0. The fourth-order valence-electron chi connectivity index (χ4n) is 6.66. The van der Waals surface area contributed by atoms with E-state index in [4.69, 9.17) is 15.0 Å². The molecule has 208 valence electrons. The average Bonchev–Trinajstić information content (AvgIpc) is 3.73. The number of fused-ring (bicyclic) bond motifs is 5. The van der Waals surface area contributed by atoms with Crippen LogP contribution in [0.15, 0.2) is 78.7 Å². The Morgan fingerprint density at radius 2 is 1.40 bits per heavy atom. The summed E-state index contributed by atoms with van der Waals surface area (Å²) in [5, 5.41) is 12.6. The van der Waals surface area contributed by atoms with Gasteiger partial charge in [-0.2, -0.15) is 0 Å². The Hall–Kier alpha value is -3.73. The van der Waals surface area contributed by atoms with Crippen molar-refractivity contribution in [2.75, 3.05) is 0 Å². The van der Waals surface area contributed by atoms with E-state index >= 15 is 0 Å². The maximum Gasteiger partial charge on any atom is 0.0888 e. The molecule has 0 amide bonds. The van der Waals surface area contributed by atoms with Crippen LogP contribution in [-0.4, -0.2) is 26.8 Å². The van der Waals surface area contributed by atoms with E-state index in [2.05, 4.69) is 83.4 Å². The highest BCUT2D eigenvalue weighted by Crippen LogP contribution is 2.38. The first-order valence-electron chi connectivity index (χ1n) is 15.1. The third kappa shape index (κ3) is 4.36. The molecular formula is C35H42N4O. The number of hydrogen-bond acceptors (Lipinski definition) is 4. The number of allylic oxidation sites excluding steroid dienone is 8. The van der Waals surface area contributed by atoms with Gasteiger partial charge >= 0.3 is 0 Å². The van der Waals surface area contributed by atoms with E-state index in [1.54, 1.807) is 0 Å². The van der Waals surface area contributed by atoms with E-state index in [1.807, 2.05) is 0 Å². The predicted molar refractivity (Wildman–Crippen MR) is 170 cm³/mol. The molecule has 1 aromatic rings. The highest BCUT2D eigenvalue weighted by molar-refractivity contribution is 6.30. The number of aliphatic imine (C=N–C) groups is 3. The summed E-state index contributed by atoms with van der Waals surface area (Å²) in [6, 6.07) is 0. The Morgan fingerprint density at radius 1 is 0.675 bits per heavy atom. The monoisotopic (exact) mass is 534 g/mol. The van der Waals surface area contributed by atoms with Gasteiger partial charge in [0, 0.05) is 28.6 Å². The molecule has 0 radical (unpaired) electrons. The second-order valence-corrected chi connectivity index (χ2v) is 10.5. The number of nitrogens with zero attached hydrogens (tertiary/aromatic N) is 4. The molecule has 1 N–H and O–H groups in total. The third-order valence-corrected chi connectivity index (χ3v) is 8.48. The van der Waals surface area contributed by atoms with Crippen LogP contribution < -0.4 is 10.6 Å². The van der Waals surface area contributed by atoms with Crippen LogP contribution in [0.5, 0.6) is 0 Å². The highest BCUT2D eigenvalue weighted by atomic mass is 16.2. The molecular weight excluding hydrogens is 492 g/mol. The Morgan fingerprint density at radius 3 is 2.00 bits per heavy atom. The number of aliphatic hydroxyl groups excluding tert-OH is 1. The van der Waals surface area contributed by atoms with Crippen LogP contribution in [-0.2, 0) is 13.0 Å². The number of aliphatic hydroxyl groups is 1. The second-order valence-electron chi connectivity index (χ2n) is 10.5. The van der Waals surface area contributed by atoms with Crippen LogP contribution in [0.1, 0.15) is 91.8 Å². The van der Waals surface area contributed by atoms with Crippen molar-refractivity contribution in [2.24, 2.45) is 15.0 Å². The van der Waals surface area contributed by atoms with Gasteiger partial charge < -0.3 is 9.67 Å². The number of hydrogen-bond donors (Lipinski definition) is 1. The van der Waals surface area contributed by atoms with Crippen molar-refractivity contribution < 1.29 is 5.11 Å². The predicted octanol–water partition coefficient (Wildman–Crippen LogP) is 7.20. The van der Waals surface area contributed by atoms with E-state index < -0.39 is 0 Å². The van der Waals surface area contributed by atoms with Gasteiger partial charge in [0.05, 0.1) is 45.8 Å². The van der Waals surface area contributed by atoms with Gasteiger partial charge in [0.2, 0.25) is 0 Å². The number of aromatic nitrogens is 1. The topological polar surface area (TPSA) is 62.2 Å². The van der Waals surface area contributed by atoms with Crippen LogP contribution >= 0.6 is 0 Å². The van der Waals surface area contributed by atoms with Crippen LogP contribution in [0.4, 0.5) is 0 Å². The molecule has 5 nitrogen and oxygen atoms in total. The van der Waals surface area contributed by atoms with Gasteiger partial charge in [-0.1, -0.05) is 41.5 Å². The van der Waals surface area contributed by atoms with E-state index in [9.17, 15) is 5.11 Å². The zero-order chi connectivity index (χ0) is 28.6. The quantitative estimate of drug-likeness (QED) is 0.395. The normalized spacial score (nSPS) is 18.9. The van der Waals surface area contributed by atoms with Gasteiger partial charge in [-0.15, -0.1) is 0 Å². The summed E-state index contributed by atoms with van der Waals surface area (Å²) in [5.41, 5.74) is 14.5. The van der Waals surface area contributed by atoms with Crippen LogP contribution in [0, 0.1) is 0 Å². The van der Waals surface area contributed by atoms with Crippen molar-refractivity contribution >= 4 is 35.0 Å². The van der Waals surface area contributed by atoms with E-state index in [-0.39, 0.29) is 0 Å². The van der Waals surface area contributed by atoms with Gasteiger partial charge in [-0.25, -0.2) is 15.0 Å². The first-order valence-corrected chi connectivity index (χ1v) is 15.1. The fraction of sp³-hybridized carbons (Fsp3) is 0.400. The molecule has 0 saturated carbocycles. The molecule has 0 atom stereocenters. The van der Waals surface area contributed by atoms with Crippen molar-refractivity contribution in [3.05, 3.63) is 85.5 Å². The Bertz CT molecular complexity index is 1670. The highest BCUT2D eigenvalue weighted by Gasteiger charge is 2.30. The van der Waals surface area contributed by atoms with Crippen LogP contribution in [0.2, 0.25) is 0 Å². The van der Waals surface area contributed by atoms with E-state index in [0.29, 0.717) is 0 Å². The first kappa shape index (κ1) is 27.8. The van der Waals surface area contributed by atoms with Crippen molar-refractivity contribution in [1.82, 2.24) is 4.57 Å². The molecule has 0 aromatic carbocycles. The van der Waals surface area contributed by atoms with Crippen molar-refractivity contribution in [3.8, 4) is 0 Å². The Balaban J connectivity index is 2.01. The zero-order valence-corrected chi connectivity index (χ0v) is 25.1. The summed E-state index contributed by atoms with van der Waals surface area (Å²) in [6.07, 6.45) is 17.1. The van der Waals surface area contributed by atoms with Gasteiger partial charge in [0.1, 0.15) is 0 Å². The lowest BCUT2D eigenvalue weighted by atomic mass is 9.91. The molecule has 0 aliphatic carbocycles. The molecule has 0 unspecified atom stereocenters. The summed E-state index contributed by atoms with van der Waals surface area (Å²) in [6.45, 7) is 16.2. The zero-order valence-electron chi connectivity index (χ0n) is 25.1. The minimum Gasteiger partial charge on any atom is -0.515 e. The van der Waals surface area contributed by atoms with Crippen molar-refractivity contribution in [1.29, 1.82) is 0 Å². The summed E-state index contributed by atoms with van der Waals surface area (Å²) in [7, 11) is 0. The minimum absolute atomic E-state index is 0.783. The molecule has 4 aliphatic heterocycles. The fourth-order valence-corrected chi connectivity index (χ4v) is 6.66. The average molecular weight is 535 g/mol. The first-order chi connectivity index (χ1) is 19.5. The lowest BCUT2D eigenvalue weighted by molar-refractivity contribution is 0.539. The molecule has 5 heterocycles. The second kappa shape index (κ2) is 11.4. The molecule has 5 rings (SSSR count). The third-order valence-electron chi connectivity index (χ3n) is 8.48. The SMILES string of the molecule is CCC1=CC2=CC3=NC(=Cc4c(CC)/c(=C/O)c(n4CC)=C(CC)C4=NC(=C(CC)C1=N2)C(CC)=C4CC)C=C3. The smallest absolute Gasteiger partial charge is 0.0888 e. The lowest BCUT2D eigenvalue weighted by Gasteiger charge is -2.13. The van der Waals surface area contributed by atoms with Crippen molar-refractivity contribution in [3.63, 3.8) is 0 Å². The van der Waals surface area contributed by atoms with E-state index in [1.165, 1.54) is 34.1 Å². The van der Waals surface area contributed by atoms with Gasteiger partial charge in [-0.3, -0.25) is 0 Å². The maximum absolute atomic E-state index is 10.7. The van der Waals surface area contributed by atoms with Crippen molar-refractivity contribution in [2.45, 2.75) is 93.5 Å². The molecule has 0 spiro atoms. The lowest BCUT2D eigenvalue weighted by Crippen LogP contribution is -2.35. The van der Waals surface area contributed by atoms with Gasteiger partial charge in [0.15, 0.2) is 0 Å². The van der Waals surface area contributed by atoms with Crippen LogP contribution in [0.25, 0.3) is 17.9 Å². The minimum atomic E-state index is 0.783. The Kier molecular flexibility index (Phi) is 7.93. The largest absolute Gasteiger partial charge is 0.515 e. The van der Waals surface area contributed by atoms with Crippen LogP contribution in [0.3, 0.4) is 0 Å². The standard InChI is InChI=1S/C35H42N4O/c1-8-21-17-24-18-22-15-16-23(36-22)19-31-25(9-2)30(20-40)35(39(31)14-7)29(13-6)34-27(11-4)26(10-3)33(38-34)28(12-5)32(21)37-24/h15-20,40H,8-14H2,1-7H3/b23-19?,24-18?,30-20-,33-28?,35-29?. The summed E-state index contributed by atoms with van der Waals surface area (Å²) in [4.78, 5) is 15.6. The molecule has 0 fully saturated rings. The summed E-state index contributed by atoms with van der Waals surface area (Å²) < 4.78 is 2.35. The van der Waals surface area contributed by atoms with Gasteiger partial charge in [0.25, 0.3) is 0 Å². The number of rotatable bonds is 7.